The summed E-state index contributed by atoms with van der Waals surface area (Å²) in [6.45, 7) is 0. The van der Waals surface area contributed by atoms with Gasteiger partial charge in [-0.3, -0.25) is 4.79 Å². The fraction of sp³-hybridized carbons (Fsp3) is 0.353. The molecule has 6 nitrogen and oxygen atoms in total. The number of hydrogen-bond donors (Lipinski definition) is 3. The first-order valence-electron chi connectivity index (χ1n) is 8.36. The molecule has 138 valence electrons. The largest absolute Gasteiger partial charge is 0.347 e. The minimum atomic E-state index is -3.72. The number of amides is 1. The number of nitrogens with one attached hydrogen (secondary N) is 2. The first kappa shape index (κ1) is 18.0. The molecule has 1 amide bonds. The first-order chi connectivity index (χ1) is 12.4. The van der Waals surface area contributed by atoms with Crippen molar-refractivity contribution in [3.8, 4) is 0 Å². The molecule has 2 aliphatic heterocycles. The number of sulfonamides is 1. The Morgan fingerprint density at radius 1 is 1.27 bits per heavy atom. The monoisotopic (exact) mass is 409 g/mol. The summed E-state index contributed by atoms with van der Waals surface area (Å²) in [7, 11) is -3.72. The Bertz CT molecular complexity index is 941. The van der Waals surface area contributed by atoms with Crippen molar-refractivity contribution in [3.63, 3.8) is 0 Å². The molecular formula is C17H19N3O3S3. The Labute approximate surface area is 160 Å². The molecule has 26 heavy (non-hydrogen) atoms. The van der Waals surface area contributed by atoms with E-state index < -0.39 is 10.0 Å². The van der Waals surface area contributed by atoms with Gasteiger partial charge in [-0.2, -0.15) is 0 Å². The summed E-state index contributed by atoms with van der Waals surface area (Å²) in [5, 5.41) is 11.8. The van der Waals surface area contributed by atoms with Gasteiger partial charge in [0.2, 0.25) is 10.0 Å². The molecule has 4 rings (SSSR count). The standard InChI is InChI=1S/C17H19N3O3S3/c18-26(22,23)12-3-1-2-11(9-12)24-16-7-6-15(25-16)17(21)20-14-8-10-4-5-13(14)19-10/h1-3,6-7,9-10,13-14,19H,4-5,8H2,(H,20,21)(H2,18,22,23)/t10-,13+,14-/m1/s1. The van der Waals surface area contributed by atoms with Gasteiger partial charge in [0.15, 0.2) is 0 Å². The number of benzene rings is 1. The van der Waals surface area contributed by atoms with E-state index in [1.807, 2.05) is 18.2 Å². The molecule has 0 saturated carbocycles. The van der Waals surface area contributed by atoms with Gasteiger partial charge in [-0.05, 0) is 49.6 Å². The van der Waals surface area contributed by atoms with E-state index >= 15 is 0 Å². The van der Waals surface area contributed by atoms with Gasteiger partial charge in [0.1, 0.15) is 0 Å². The van der Waals surface area contributed by atoms with Crippen molar-refractivity contribution >= 4 is 39.0 Å². The van der Waals surface area contributed by atoms with Gasteiger partial charge in [-0.25, -0.2) is 13.6 Å². The van der Waals surface area contributed by atoms with Gasteiger partial charge in [0.25, 0.3) is 5.91 Å². The van der Waals surface area contributed by atoms with Crippen molar-refractivity contribution in [2.45, 2.75) is 51.4 Å². The second kappa shape index (κ2) is 6.97. The molecule has 3 atom stereocenters. The summed E-state index contributed by atoms with van der Waals surface area (Å²) >= 11 is 2.82. The molecular weight excluding hydrogens is 390 g/mol. The third-order valence-corrected chi connectivity index (χ3v) is 7.89. The van der Waals surface area contributed by atoms with Crippen molar-refractivity contribution in [3.05, 3.63) is 41.3 Å². The molecule has 0 spiro atoms. The highest BCUT2D eigenvalue weighted by molar-refractivity contribution is 8.01. The smallest absolute Gasteiger partial charge is 0.261 e. The Morgan fingerprint density at radius 2 is 2.12 bits per heavy atom. The Balaban J connectivity index is 1.42. The Hall–Kier alpha value is -1.39. The molecule has 2 aromatic rings. The van der Waals surface area contributed by atoms with E-state index in [9.17, 15) is 13.2 Å². The number of thiophene rings is 1. The summed E-state index contributed by atoms with van der Waals surface area (Å²) in [6.07, 6.45) is 3.33. The number of fused-ring (bicyclic) bond motifs is 2. The van der Waals surface area contributed by atoms with E-state index in [1.165, 1.54) is 35.6 Å². The maximum Gasteiger partial charge on any atom is 0.261 e. The van der Waals surface area contributed by atoms with Crippen molar-refractivity contribution < 1.29 is 13.2 Å². The predicted octanol–water partition coefficient (Wildman–Crippen LogP) is 2.17. The highest BCUT2D eigenvalue weighted by atomic mass is 32.2. The number of carbonyl (C=O) groups excluding carboxylic acids is 1. The predicted molar refractivity (Wildman–Crippen MR) is 102 cm³/mol. The molecule has 2 saturated heterocycles. The fourth-order valence-electron chi connectivity index (χ4n) is 3.55. The van der Waals surface area contributed by atoms with E-state index in [1.54, 1.807) is 12.1 Å². The lowest BCUT2D eigenvalue weighted by Crippen LogP contribution is -2.42. The van der Waals surface area contributed by atoms with Gasteiger partial charge in [-0.1, -0.05) is 17.8 Å². The van der Waals surface area contributed by atoms with Crippen molar-refractivity contribution in [2.75, 3.05) is 0 Å². The normalized spacial score (nSPS) is 24.7. The first-order valence-corrected chi connectivity index (χ1v) is 11.5. The topological polar surface area (TPSA) is 101 Å². The van der Waals surface area contributed by atoms with Crippen LogP contribution in [0.5, 0.6) is 0 Å². The van der Waals surface area contributed by atoms with E-state index in [2.05, 4.69) is 10.6 Å². The number of nitrogens with two attached hydrogens (primary N) is 1. The highest BCUT2D eigenvalue weighted by Gasteiger charge is 2.39. The van der Waals surface area contributed by atoms with Gasteiger partial charge in [-0.15, -0.1) is 11.3 Å². The van der Waals surface area contributed by atoms with E-state index in [4.69, 9.17) is 5.14 Å². The van der Waals surface area contributed by atoms with Gasteiger partial charge in [0.05, 0.1) is 14.0 Å². The van der Waals surface area contributed by atoms with Crippen molar-refractivity contribution in [2.24, 2.45) is 5.14 Å². The molecule has 0 unspecified atom stereocenters. The van der Waals surface area contributed by atoms with Crippen molar-refractivity contribution in [1.29, 1.82) is 0 Å². The van der Waals surface area contributed by atoms with Crippen LogP contribution in [0, 0.1) is 0 Å². The maximum absolute atomic E-state index is 12.5. The third-order valence-electron chi connectivity index (χ3n) is 4.77. The molecule has 1 aromatic carbocycles. The molecule has 2 bridgehead atoms. The zero-order chi connectivity index (χ0) is 18.3. The summed E-state index contributed by atoms with van der Waals surface area (Å²) in [5.74, 6) is -0.0421. The molecule has 2 aliphatic rings. The summed E-state index contributed by atoms with van der Waals surface area (Å²) in [4.78, 5) is 14.0. The lowest BCUT2D eigenvalue weighted by Gasteiger charge is -2.20. The number of primary sulfonamides is 1. The Morgan fingerprint density at radius 3 is 2.81 bits per heavy atom. The molecule has 0 aliphatic carbocycles. The van der Waals surface area contributed by atoms with Crippen molar-refractivity contribution in [1.82, 2.24) is 10.6 Å². The van der Waals surface area contributed by atoms with Crippen LogP contribution < -0.4 is 15.8 Å². The van der Waals surface area contributed by atoms with E-state index in [0.29, 0.717) is 17.0 Å². The maximum atomic E-state index is 12.5. The molecule has 1 aromatic heterocycles. The van der Waals surface area contributed by atoms with Crippen LogP contribution in [0.4, 0.5) is 0 Å². The lowest BCUT2D eigenvalue weighted by molar-refractivity contribution is 0.0935. The quantitative estimate of drug-likeness (QED) is 0.703. The van der Waals surface area contributed by atoms with Crippen LogP contribution in [0.2, 0.25) is 0 Å². The van der Waals surface area contributed by atoms with E-state index in [0.717, 1.165) is 21.9 Å². The molecule has 9 heteroatoms. The average molecular weight is 410 g/mol. The second-order valence-electron chi connectivity index (χ2n) is 6.60. The number of rotatable bonds is 5. The number of hydrogen-bond acceptors (Lipinski definition) is 6. The minimum Gasteiger partial charge on any atom is -0.347 e. The highest BCUT2D eigenvalue weighted by Crippen LogP contribution is 2.34. The average Bonchev–Trinajstić information content (AvgIpc) is 3.31. The van der Waals surface area contributed by atoms with Crippen LogP contribution in [0.1, 0.15) is 28.9 Å². The third kappa shape index (κ3) is 3.81. The van der Waals surface area contributed by atoms with Crippen LogP contribution in [-0.4, -0.2) is 32.5 Å². The van der Waals surface area contributed by atoms with Crippen LogP contribution in [0.25, 0.3) is 0 Å². The number of carbonyl (C=O) groups is 1. The zero-order valence-electron chi connectivity index (χ0n) is 13.8. The molecule has 3 heterocycles. The van der Waals surface area contributed by atoms with Gasteiger partial charge < -0.3 is 10.6 Å². The second-order valence-corrected chi connectivity index (χ2v) is 10.6. The zero-order valence-corrected chi connectivity index (χ0v) is 16.3. The molecule has 4 N–H and O–H groups in total. The summed E-state index contributed by atoms with van der Waals surface area (Å²) in [6, 6.07) is 11.3. The van der Waals surface area contributed by atoms with Crippen LogP contribution in [-0.2, 0) is 10.0 Å². The van der Waals surface area contributed by atoms with E-state index in [-0.39, 0.29) is 16.8 Å². The summed E-state index contributed by atoms with van der Waals surface area (Å²) in [5.41, 5.74) is 0. The Kier molecular flexibility index (Phi) is 4.83. The van der Waals surface area contributed by atoms with Gasteiger partial charge in [0, 0.05) is 23.0 Å². The molecule has 2 fully saturated rings. The van der Waals surface area contributed by atoms with Crippen LogP contribution >= 0.6 is 23.1 Å². The minimum absolute atomic E-state index is 0.0421. The lowest BCUT2D eigenvalue weighted by atomic mass is 9.95. The SMILES string of the molecule is NS(=O)(=O)c1cccc(Sc2ccc(C(=O)N[C@@H]3C[C@H]4CC[C@@H]3N4)s2)c1. The van der Waals surface area contributed by atoms with Crippen LogP contribution in [0.15, 0.2) is 50.4 Å². The molecule has 0 radical (unpaired) electrons. The summed E-state index contributed by atoms with van der Waals surface area (Å²) < 4.78 is 23.9. The fourth-order valence-corrected chi connectivity index (χ4v) is 6.25. The van der Waals surface area contributed by atoms with Gasteiger partial charge >= 0.3 is 0 Å². The van der Waals surface area contributed by atoms with Crippen LogP contribution in [0.3, 0.4) is 0 Å².